The molecule has 18 heavy (non-hydrogen) atoms. The van der Waals surface area contributed by atoms with Crippen molar-refractivity contribution in [3.63, 3.8) is 0 Å². The number of hydrogen-bond donors (Lipinski definition) is 2. The number of methoxy groups -OCH3 is 1. The molecular formula is C13H21N3O2. The molecule has 1 rings (SSSR count). The number of aromatic nitrogens is 1. The number of carbonyl (C=O) groups is 1. The van der Waals surface area contributed by atoms with Crippen molar-refractivity contribution in [2.75, 3.05) is 13.7 Å². The number of pyridine rings is 1. The summed E-state index contributed by atoms with van der Waals surface area (Å²) in [6.07, 6.45) is 2.19. The second kappa shape index (κ2) is 7.66. The van der Waals surface area contributed by atoms with Crippen LogP contribution < -0.4 is 15.4 Å². The van der Waals surface area contributed by atoms with E-state index >= 15 is 0 Å². The maximum Gasteiger partial charge on any atom is 0.221 e. The molecule has 0 aliphatic heterocycles. The number of amides is 1. The normalized spacial score (nSPS) is 10.4. The number of carbonyl (C=O) groups excluding carboxylic acids is 1. The van der Waals surface area contributed by atoms with Gasteiger partial charge in [0.25, 0.3) is 0 Å². The van der Waals surface area contributed by atoms with Crippen LogP contribution in [0, 0.1) is 0 Å². The molecule has 2 N–H and O–H groups in total. The summed E-state index contributed by atoms with van der Waals surface area (Å²) in [5.41, 5.74) is 0.959. The average Bonchev–Trinajstić information content (AvgIpc) is 2.36. The van der Waals surface area contributed by atoms with Gasteiger partial charge in [0.05, 0.1) is 7.11 Å². The average molecular weight is 251 g/mol. The minimum atomic E-state index is 0.0407. The van der Waals surface area contributed by atoms with Gasteiger partial charge in [-0.25, -0.2) is 4.98 Å². The third-order valence-electron chi connectivity index (χ3n) is 2.40. The summed E-state index contributed by atoms with van der Waals surface area (Å²) in [6, 6.07) is 4.07. The molecule has 0 bridgehead atoms. The van der Waals surface area contributed by atoms with Crippen LogP contribution in [0.1, 0.15) is 25.8 Å². The highest BCUT2D eigenvalue weighted by Crippen LogP contribution is 2.06. The van der Waals surface area contributed by atoms with E-state index in [4.69, 9.17) is 4.74 Å². The molecule has 100 valence electrons. The Labute approximate surface area is 108 Å². The van der Waals surface area contributed by atoms with Gasteiger partial charge in [-0.2, -0.15) is 0 Å². The van der Waals surface area contributed by atoms with Crippen molar-refractivity contribution in [2.45, 2.75) is 32.9 Å². The van der Waals surface area contributed by atoms with Crippen LogP contribution in [0.15, 0.2) is 18.3 Å². The molecule has 0 saturated heterocycles. The van der Waals surface area contributed by atoms with Crippen molar-refractivity contribution in [3.8, 4) is 5.88 Å². The van der Waals surface area contributed by atoms with Crippen molar-refractivity contribution in [3.05, 3.63) is 23.9 Å². The van der Waals surface area contributed by atoms with Crippen LogP contribution in [0.3, 0.4) is 0 Å². The SMILES string of the molecule is COc1ccc(CNC(=O)CCNC(C)C)cn1. The molecule has 0 unspecified atom stereocenters. The third kappa shape index (κ3) is 5.63. The van der Waals surface area contributed by atoms with Gasteiger partial charge in [0, 0.05) is 37.8 Å². The van der Waals surface area contributed by atoms with Crippen molar-refractivity contribution in [1.29, 1.82) is 0 Å². The molecule has 0 aliphatic rings. The lowest BCUT2D eigenvalue weighted by atomic mass is 10.2. The molecule has 1 amide bonds. The van der Waals surface area contributed by atoms with Gasteiger partial charge in [-0.15, -0.1) is 0 Å². The van der Waals surface area contributed by atoms with Crippen molar-refractivity contribution in [2.24, 2.45) is 0 Å². The predicted molar refractivity (Wildman–Crippen MR) is 70.4 cm³/mol. The zero-order chi connectivity index (χ0) is 13.4. The Morgan fingerprint density at radius 2 is 2.22 bits per heavy atom. The van der Waals surface area contributed by atoms with Gasteiger partial charge in [0.15, 0.2) is 0 Å². The van der Waals surface area contributed by atoms with E-state index in [1.807, 2.05) is 6.07 Å². The minimum absolute atomic E-state index is 0.0407. The van der Waals surface area contributed by atoms with E-state index in [9.17, 15) is 4.79 Å². The molecule has 5 heteroatoms. The zero-order valence-electron chi connectivity index (χ0n) is 11.2. The summed E-state index contributed by atoms with van der Waals surface area (Å²) in [4.78, 5) is 15.6. The molecule has 0 spiro atoms. The van der Waals surface area contributed by atoms with Gasteiger partial charge in [-0.05, 0) is 5.56 Å². The molecule has 0 aliphatic carbocycles. The lowest BCUT2D eigenvalue weighted by molar-refractivity contribution is -0.121. The summed E-state index contributed by atoms with van der Waals surface area (Å²) in [6.45, 7) is 5.31. The van der Waals surface area contributed by atoms with Crippen LogP contribution >= 0.6 is 0 Å². The van der Waals surface area contributed by atoms with Gasteiger partial charge >= 0.3 is 0 Å². The molecule has 0 fully saturated rings. The van der Waals surface area contributed by atoms with Crippen LogP contribution in [0.5, 0.6) is 5.88 Å². The Morgan fingerprint density at radius 1 is 1.44 bits per heavy atom. The maximum atomic E-state index is 11.5. The second-order valence-electron chi connectivity index (χ2n) is 4.34. The summed E-state index contributed by atoms with van der Waals surface area (Å²) >= 11 is 0. The van der Waals surface area contributed by atoms with Crippen LogP contribution in [-0.4, -0.2) is 30.6 Å². The molecule has 5 nitrogen and oxygen atoms in total. The van der Waals surface area contributed by atoms with E-state index in [1.54, 1.807) is 19.4 Å². The van der Waals surface area contributed by atoms with Crippen LogP contribution in [0.2, 0.25) is 0 Å². The summed E-state index contributed by atoms with van der Waals surface area (Å²) in [5.74, 6) is 0.616. The van der Waals surface area contributed by atoms with Crippen molar-refractivity contribution >= 4 is 5.91 Å². The van der Waals surface area contributed by atoms with Gasteiger partial charge in [0.1, 0.15) is 0 Å². The van der Waals surface area contributed by atoms with Crippen LogP contribution in [-0.2, 0) is 11.3 Å². The standard InChI is InChI=1S/C13H21N3O2/c1-10(2)14-7-6-12(17)15-8-11-4-5-13(18-3)16-9-11/h4-5,9-10,14H,6-8H2,1-3H3,(H,15,17). The number of nitrogens with zero attached hydrogens (tertiary/aromatic N) is 1. The van der Waals surface area contributed by atoms with E-state index in [0.717, 1.165) is 5.56 Å². The topological polar surface area (TPSA) is 63.2 Å². The van der Waals surface area contributed by atoms with Gasteiger partial charge in [-0.1, -0.05) is 19.9 Å². The smallest absolute Gasteiger partial charge is 0.221 e. The quantitative estimate of drug-likeness (QED) is 0.761. The highest BCUT2D eigenvalue weighted by molar-refractivity contribution is 5.76. The lowest BCUT2D eigenvalue weighted by Crippen LogP contribution is -2.30. The predicted octanol–water partition coefficient (Wildman–Crippen LogP) is 1.09. The maximum absolute atomic E-state index is 11.5. The Hall–Kier alpha value is -1.62. The largest absolute Gasteiger partial charge is 0.481 e. The number of rotatable bonds is 7. The zero-order valence-corrected chi connectivity index (χ0v) is 11.2. The van der Waals surface area contributed by atoms with Crippen molar-refractivity contribution in [1.82, 2.24) is 15.6 Å². The highest BCUT2D eigenvalue weighted by atomic mass is 16.5. The van der Waals surface area contributed by atoms with E-state index in [-0.39, 0.29) is 5.91 Å². The first-order valence-corrected chi connectivity index (χ1v) is 6.11. The van der Waals surface area contributed by atoms with E-state index in [1.165, 1.54) is 0 Å². The van der Waals surface area contributed by atoms with Gasteiger partial charge in [0.2, 0.25) is 11.8 Å². The Balaban J connectivity index is 2.24. The molecular weight excluding hydrogens is 230 g/mol. The monoisotopic (exact) mass is 251 g/mol. The summed E-state index contributed by atoms with van der Waals surface area (Å²) in [7, 11) is 1.57. The van der Waals surface area contributed by atoms with E-state index < -0.39 is 0 Å². The van der Waals surface area contributed by atoms with Crippen LogP contribution in [0.4, 0.5) is 0 Å². The van der Waals surface area contributed by atoms with Gasteiger partial charge < -0.3 is 15.4 Å². The summed E-state index contributed by atoms with van der Waals surface area (Å²) in [5, 5.41) is 6.05. The second-order valence-corrected chi connectivity index (χ2v) is 4.34. The first-order valence-electron chi connectivity index (χ1n) is 6.11. The van der Waals surface area contributed by atoms with Crippen LogP contribution in [0.25, 0.3) is 0 Å². The Kier molecular flexibility index (Phi) is 6.14. The van der Waals surface area contributed by atoms with Crippen molar-refractivity contribution < 1.29 is 9.53 Å². The summed E-state index contributed by atoms with van der Waals surface area (Å²) < 4.78 is 4.96. The van der Waals surface area contributed by atoms with E-state index in [2.05, 4.69) is 29.5 Å². The first kappa shape index (κ1) is 14.4. The molecule has 0 aromatic carbocycles. The molecule has 0 atom stereocenters. The third-order valence-corrected chi connectivity index (χ3v) is 2.40. The number of nitrogens with one attached hydrogen (secondary N) is 2. The Morgan fingerprint density at radius 3 is 2.78 bits per heavy atom. The number of hydrogen-bond acceptors (Lipinski definition) is 4. The molecule has 1 aromatic rings. The fourth-order valence-corrected chi connectivity index (χ4v) is 1.40. The molecule has 1 heterocycles. The molecule has 0 saturated carbocycles. The molecule has 1 aromatic heterocycles. The Bertz CT molecular complexity index is 363. The van der Waals surface area contributed by atoms with Gasteiger partial charge in [-0.3, -0.25) is 4.79 Å². The first-order chi connectivity index (χ1) is 8.61. The van der Waals surface area contributed by atoms with E-state index in [0.29, 0.717) is 31.4 Å². The number of ether oxygens (including phenoxy) is 1. The molecule has 0 radical (unpaired) electrons. The fourth-order valence-electron chi connectivity index (χ4n) is 1.40. The highest BCUT2D eigenvalue weighted by Gasteiger charge is 2.02. The lowest BCUT2D eigenvalue weighted by Gasteiger charge is -2.08. The minimum Gasteiger partial charge on any atom is -0.481 e. The fraction of sp³-hybridized carbons (Fsp3) is 0.538.